The van der Waals surface area contributed by atoms with E-state index in [2.05, 4.69) is 9.97 Å². The van der Waals surface area contributed by atoms with Gasteiger partial charge in [0.2, 0.25) is 5.88 Å². The second-order valence-electron chi connectivity index (χ2n) is 3.42. The minimum atomic E-state index is 0.315. The lowest BCUT2D eigenvalue weighted by Gasteiger charge is -2.10. The molecule has 0 aliphatic rings. The molecule has 94 valence electrons. The summed E-state index contributed by atoms with van der Waals surface area (Å²) < 4.78 is 5.69. The summed E-state index contributed by atoms with van der Waals surface area (Å²) in [6.07, 6.45) is 3.41. The maximum absolute atomic E-state index is 6.06. The number of ether oxygens (including phenoxy) is 1. The Morgan fingerprint density at radius 3 is 2.94 bits per heavy atom. The molecule has 18 heavy (non-hydrogen) atoms. The Balaban J connectivity index is 2.30. The van der Waals surface area contributed by atoms with E-state index in [0.29, 0.717) is 23.2 Å². The van der Waals surface area contributed by atoms with Crippen molar-refractivity contribution in [1.82, 2.24) is 9.97 Å². The number of benzene rings is 1. The zero-order valence-corrected chi connectivity index (χ0v) is 11.3. The van der Waals surface area contributed by atoms with Crippen LogP contribution >= 0.6 is 23.4 Å². The van der Waals surface area contributed by atoms with Crippen LogP contribution in [0.2, 0.25) is 5.02 Å². The van der Waals surface area contributed by atoms with Crippen molar-refractivity contribution < 1.29 is 4.74 Å². The molecule has 2 rings (SSSR count). The Hall–Kier alpha value is -1.30. The number of aromatic nitrogens is 2. The van der Waals surface area contributed by atoms with Crippen LogP contribution in [-0.4, -0.2) is 16.2 Å². The minimum Gasteiger partial charge on any atom is -0.438 e. The molecule has 0 aliphatic heterocycles. The maximum atomic E-state index is 6.06. The van der Waals surface area contributed by atoms with Gasteiger partial charge in [0.25, 0.3) is 0 Å². The van der Waals surface area contributed by atoms with Gasteiger partial charge < -0.3 is 10.5 Å². The first-order chi connectivity index (χ1) is 8.74. The van der Waals surface area contributed by atoms with Crippen LogP contribution in [0.4, 0.5) is 0 Å². The van der Waals surface area contributed by atoms with Gasteiger partial charge in [0, 0.05) is 23.2 Å². The average Bonchev–Trinajstić information content (AvgIpc) is 2.39. The van der Waals surface area contributed by atoms with Crippen LogP contribution in [0.15, 0.2) is 35.6 Å². The Morgan fingerprint density at radius 1 is 1.39 bits per heavy atom. The third-order valence-electron chi connectivity index (χ3n) is 2.32. The van der Waals surface area contributed by atoms with E-state index in [1.54, 1.807) is 12.1 Å². The van der Waals surface area contributed by atoms with Crippen molar-refractivity contribution in [1.29, 1.82) is 0 Å². The van der Waals surface area contributed by atoms with Gasteiger partial charge in [-0.1, -0.05) is 17.7 Å². The van der Waals surface area contributed by atoms with Gasteiger partial charge in [-0.3, -0.25) is 0 Å². The minimum absolute atomic E-state index is 0.315. The topological polar surface area (TPSA) is 61.0 Å². The molecular formula is C12H12ClN3OS. The molecule has 0 radical (unpaired) electrons. The average molecular weight is 282 g/mol. The normalized spacial score (nSPS) is 10.4. The number of hydrogen-bond donors (Lipinski definition) is 1. The van der Waals surface area contributed by atoms with Crippen LogP contribution in [0.25, 0.3) is 0 Å². The van der Waals surface area contributed by atoms with Gasteiger partial charge in [-0.25, -0.2) is 9.97 Å². The highest BCUT2D eigenvalue weighted by Crippen LogP contribution is 2.29. The Morgan fingerprint density at radius 2 is 2.22 bits per heavy atom. The van der Waals surface area contributed by atoms with Gasteiger partial charge in [-0.15, -0.1) is 11.8 Å². The predicted octanol–water partition coefficient (Wildman–Crippen LogP) is 3.10. The van der Waals surface area contributed by atoms with Crippen molar-refractivity contribution in [2.75, 3.05) is 6.26 Å². The molecule has 0 bridgehead atoms. The molecule has 0 saturated carbocycles. The first kappa shape index (κ1) is 13.1. The predicted molar refractivity (Wildman–Crippen MR) is 73.2 cm³/mol. The Kier molecular flexibility index (Phi) is 4.41. The highest BCUT2D eigenvalue weighted by molar-refractivity contribution is 7.98. The molecule has 0 spiro atoms. The molecular weight excluding hydrogens is 270 g/mol. The zero-order chi connectivity index (χ0) is 13.0. The maximum Gasteiger partial charge on any atom is 0.223 e. The van der Waals surface area contributed by atoms with Gasteiger partial charge in [-0.2, -0.15) is 0 Å². The molecule has 1 aromatic carbocycles. The van der Waals surface area contributed by atoms with Crippen molar-refractivity contribution in [2.45, 2.75) is 11.6 Å². The third kappa shape index (κ3) is 2.93. The molecule has 0 fully saturated rings. The monoisotopic (exact) mass is 281 g/mol. The van der Waals surface area contributed by atoms with Crippen LogP contribution in [0.5, 0.6) is 11.6 Å². The summed E-state index contributed by atoms with van der Waals surface area (Å²) in [7, 11) is 0. The highest BCUT2D eigenvalue weighted by Gasteiger charge is 2.08. The van der Waals surface area contributed by atoms with Crippen molar-refractivity contribution >= 4 is 23.4 Å². The van der Waals surface area contributed by atoms with Gasteiger partial charge >= 0.3 is 0 Å². The number of nitrogens with zero attached hydrogens (tertiary/aromatic N) is 2. The van der Waals surface area contributed by atoms with Crippen LogP contribution in [0.3, 0.4) is 0 Å². The summed E-state index contributed by atoms with van der Waals surface area (Å²) in [5.74, 6) is 1.10. The fourth-order valence-corrected chi connectivity index (χ4v) is 2.05. The number of thioether (sulfide) groups is 1. The molecule has 0 saturated heterocycles. The van der Waals surface area contributed by atoms with Crippen LogP contribution < -0.4 is 10.5 Å². The largest absolute Gasteiger partial charge is 0.438 e. The number of nitrogens with two attached hydrogens (primary N) is 1. The molecule has 1 heterocycles. The summed E-state index contributed by atoms with van der Waals surface area (Å²) in [6.45, 7) is 0.315. The zero-order valence-electron chi connectivity index (χ0n) is 9.76. The molecule has 6 heteroatoms. The second kappa shape index (κ2) is 6.04. The lowest BCUT2D eigenvalue weighted by atomic mass is 10.2. The molecule has 0 amide bonds. The second-order valence-corrected chi connectivity index (χ2v) is 4.66. The lowest BCUT2D eigenvalue weighted by molar-refractivity contribution is 0.453. The van der Waals surface area contributed by atoms with E-state index in [1.165, 1.54) is 18.1 Å². The summed E-state index contributed by atoms with van der Waals surface area (Å²) in [4.78, 5) is 8.14. The fraction of sp³-hybridized carbons (Fsp3) is 0.167. The summed E-state index contributed by atoms with van der Waals surface area (Å²) in [6, 6.07) is 7.18. The van der Waals surface area contributed by atoms with Gasteiger partial charge in [0.1, 0.15) is 17.1 Å². The SMILES string of the molecule is CSc1cc(Oc2cccc(Cl)c2CN)ncn1. The summed E-state index contributed by atoms with van der Waals surface area (Å²) in [5.41, 5.74) is 6.43. The first-order valence-electron chi connectivity index (χ1n) is 5.26. The highest BCUT2D eigenvalue weighted by atomic mass is 35.5. The lowest BCUT2D eigenvalue weighted by Crippen LogP contribution is -2.01. The molecule has 0 aliphatic carbocycles. The number of rotatable bonds is 4. The van der Waals surface area contributed by atoms with Gasteiger partial charge in [0.05, 0.1) is 0 Å². The smallest absolute Gasteiger partial charge is 0.223 e. The standard InChI is InChI=1S/C12H12ClN3OS/c1-18-12-5-11(15-7-16-12)17-10-4-2-3-9(13)8(10)6-14/h2-5,7H,6,14H2,1H3. The van der Waals surface area contributed by atoms with Gasteiger partial charge in [0.15, 0.2) is 0 Å². The molecule has 2 aromatic rings. The van der Waals surface area contributed by atoms with Crippen molar-refractivity contribution in [3.05, 3.63) is 41.2 Å². The molecule has 2 N–H and O–H groups in total. The van der Waals surface area contributed by atoms with Crippen molar-refractivity contribution in [3.8, 4) is 11.6 Å². The van der Waals surface area contributed by atoms with Crippen molar-refractivity contribution in [2.24, 2.45) is 5.73 Å². The molecule has 4 nitrogen and oxygen atoms in total. The van der Waals surface area contributed by atoms with Crippen LogP contribution in [0, 0.1) is 0 Å². The quantitative estimate of drug-likeness (QED) is 0.689. The van der Waals surface area contributed by atoms with E-state index in [9.17, 15) is 0 Å². The van der Waals surface area contributed by atoms with E-state index in [1.807, 2.05) is 18.4 Å². The third-order valence-corrected chi connectivity index (χ3v) is 3.32. The Labute approximate surface area is 115 Å². The first-order valence-corrected chi connectivity index (χ1v) is 6.86. The number of halogens is 1. The van der Waals surface area contributed by atoms with E-state index < -0.39 is 0 Å². The van der Waals surface area contributed by atoms with E-state index in [4.69, 9.17) is 22.1 Å². The van der Waals surface area contributed by atoms with Gasteiger partial charge in [-0.05, 0) is 18.4 Å². The molecule has 1 aromatic heterocycles. The summed E-state index contributed by atoms with van der Waals surface area (Å²) >= 11 is 7.58. The molecule has 0 unspecified atom stereocenters. The van der Waals surface area contributed by atoms with E-state index in [0.717, 1.165) is 10.6 Å². The van der Waals surface area contributed by atoms with E-state index >= 15 is 0 Å². The number of hydrogen-bond acceptors (Lipinski definition) is 5. The fourth-order valence-electron chi connectivity index (χ4n) is 1.44. The van der Waals surface area contributed by atoms with E-state index in [-0.39, 0.29) is 0 Å². The molecule has 0 atom stereocenters. The summed E-state index contributed by atoms with van der Waals surface area (Å²) in [5, 5.41) is 1.44. The Bertz CT molecular complexity index is 551. The van der Waals surface area contributed by atoms with Crippen LogP contribution in [0.1, 0.15) is 5.56 Å². The van der Waals surface area contributed by atoms with Crippen LogP contribution in [-0.2, 0) is 6.54 Å². The van der Waals surface area contributed by atoms with Crippen molar-refractivity contribution in [3.63, 3.8) is 0 Å².